The SMILES string of the molecule is CCOC(=O)c1c(C)nsc1Nc1cc(C)c(Br)c(C)c1. The summed E-state index contributed by atoms with van der Waals surface area (Å²) in [7, 11) is 0. The monoisotopic (exact) mass is 368 g/mol. The zero-order chi connectivity index (χ0) is 15.6. The van der Waals surface area contributed by atoms with E-state index in [1.165, 1.54) is 11.5 Å². The average molecular weight is 369 g/mol. The molecule has 6 heteroatoms. The van der Waals surface area contributed by atoms with Gasteiger partial charge in [-0.05, 0) is 62.5 Å². The maximum Gasteiger partial charge on any atom is 0.343 e. The van der Waals surface area contributed by atoms with Gasteiger partial charge in [-0.3, -0.25) is 0 Å². The van der Waals surface area contributed by atoms with Gasteiger partial charge < -0.3 is 10.1 Å². The maximum absolute atomic E-state index is 12.0. The fraction of sp³-hybridized carbons (Fsp3) is 0.333. The molecular weight excluding hydrogens is 352 g/mol. The van der Waals surface area contributed by atoms with E-state index in [1.54, 1.807) is 6.92 Å². The Kier molecular flexibility index (Phi) is 5.00. The number of anilines is 2. The Balaban J connectivity index is 2.34. The fourth-order valence-corrected chi connectivity index (χ4v) is 3.08. The predicted octanol–water partition coefficient (Wildman–Crippen LogP) is 4.75. The van der Waals surface area contributed by atoms with Gasteiger partial charge in [-0.15, -0.1) is 0 Å². The van der Waals surface area contributed by atoms with Crippen molar-refractivity contribution in [3.05, 3.63) is 39.0 Å². The Bertz CT molecular complexity index is 659. The molecule has 112 valence electrons. The first kappa shape index (κ1) is 16.0. The van der Waals surface area contributed by atoms with Gasteiger partial charge in [0.25, 0.3) is 0 Å². The van der Waals surface area contributed by atoms with Crippen molar-refractivity contribution in [2.75, 3.05) is 11.9 Å². The van der Waals surface area contributed by atoms with E-state index in [1.807, 2.05) is 32.9 Å². The van der Waals surface area contributed by atoms with Crippen LogP contribution in [-0.4, -0.2) is 16.9 Å². The Hall–Kier alpha value is -1.40. The number of nitrogens with one attached hydrogen (secondary N) is 1. The zero-order valence-electron chi connectivity index (χ0n) is 12.4. The van der Waals surface area contributed by atoms with Crippen molar-refractivity contribution in [3.63, 3.8) is 0 Å². The number of ether oxygens (including phenoxy) is 1. The van der Waals surface area contributed by atoms with Crippen LogP contribution in [-0.2, 0) is 4.74 Å². The number of aryl methyl sites for hydroxylation is 3. The minimum Gasteiger partial charge on any atom is -0.462 e. The van der Waals surface area contributed by atoms with Gasteiger partial charge in [0.15, 0.2) is 0 Å². The molecule has 0 spiro atoms. The number of halogens is 1. The number of hydrogen-bond donors (Lipinski definition) is 1. The van der Waals surface area contributed by atoms with Crippen molar-refractivity contribution in [2.45, 2.75) is 27.7 Å². The van der Waals surface area contributed by atoms with E-state index in [4.69, 9.17) is 4.74 Å². The molecule has 0 amide bonds. The predicted molar refractivity (Wildman–Crippen MR) is 89.7 cm³/mol. The standard InChI is InChI=1S/C15H17BrN2O2S/c1-5-20-15(19)12-10(4)18-21-14(12)17-11-6-8(2)13(16)9(3)7-11/h6-7,17H,5H2,1-4H3. The Morgan fingerprint density at radius 1 is 1.33 bits per heavy atom. The molecule has 0 fully saturated rings. The molecular formula is C15H17BrN2O2S. The summed E-state index contributed by atoms with van der Waals surface area (Å²) in [4.78, 5) is 12.0. The highest BCUT2D eigenvalue weighted by molar-refractivity contribution is 9.10. The summed E-state index contributed by atoms with van der Waals surface area (Å²) in [5.41, 5.74) is 4.40. The first-order valence-electron chi connectivity index (χ1n) is 6.61. The van der Waals surface area contributed by atoms with Gasteiger partial charge in [-0.25, -0.2) is 4.79 Å². The van der Waals surface area contributed by atoms with Crippen LogP contribution in [0.1, 0.15) is 34.1 Å². The van der Waals surface area contributed by atoms with Crippen LogP contribution < -0.4 is 5.32 Å². The highest BCUT2D eigenvalue weighted by Crippen LogP contribution is 2.31. The molecule has 0 aliphatic heterocycles. The van der Waals surface area contributed by atoms with Gasteiger partial charge in [-0.2, -0.15) is 4.37 Å². The van der Waals surface area contributed by atoms with E-state index in [0.29, 0.717) is 22.9 Å². The summed E-state index contributed by atoms with van der Waals surface area (Å²) >= 11 is 4.82. The number of carbonyl (C=O) groups is 1. The van der Waals surface area contributed by atoms with Crippen LogP contribution in [0.15, 0.2) is 16.6 Å². The summed E-state index contributed by atoms with van der Waals surface area (Å²) in [6.45, 7) is 8.02. The van der Waals surface area contributed by atoms with E-state index >= 15 is 0 Å². The molecule has 0 aliphatic carbocycles. The molecule has 0 radical (unpaired) electrons. The van der Waals surface area contributed by atoms with Crippen molar-refractivity contribution in [2.24, 2.45) is 0 Å². The van der Waals surface area contributed by atoms with Gasteiger partial charge >= 0.3 is 5.97 Å². The van der Waals surface area contributed by atoms with E-state index in [0.717, 1.165) is 21.3 Å². The smallest absolute Gasteiger partial charge is 0.343 e. The molecule has 0 atom stereocenters. The Labute approximate surface area is 136 Å². The second kappa shape index (κ2) is 6.58. The molecule has 1 aromatic carbocycles. The van der Waals surface area contributed by atoms with E-state index in [9.17, 15) is 4.79 Å². The fourth-order valence-electron chi connectivity index (χ4n) is 2.05. The lowest BCUT2D eigenvalue weighted by Gasteiger charge is -2.10. The zero-order valence-corrected chi connectivity index (χ0v) is 14.8. The van der Waals surface area contributed by atoms with Gasteiger partial charge in [-0.1, -0.05) is 15.9 Å². The van der Waals surface area contributed by atoms with Crippen LogP contribution in [0.2, 0.25) is 0 Å². The number of benzene rings is 1. The van der Waals surface area contributed by atoms with Crippen LogP contribution in [0.5, 0.6) is 0 Å². The highest BCUT2D eigenvalue weighted by atomic mass is 79.9. The molecule has 2 aromatic rings. The van der Waals surface area contributed by atoms with Crippen LogP contribution in [0.25, 0.3) is 0 Å². The van der Waals surface area contributed by atoms with Crippen LogP contribution in [0, 0.1) is 20.8 Å². The topological polar surface area (TPSA) is 51.2 Å². The summed E-state index contributed by atoms with van der Waals surface area (Å²) in [6, 6.07) is 4.06. The van der Waals surface area contributed by atoms with Crippen LogP contribution in [0.4, 0.5) is 10.7 Å². The number of nitrogens with zero attached hydrogens (tertiary/aromatic N) is 1. The quantitative estimate of drug-likeness (QED) is 0.790. The number of esters is 1. The molecule has 0 aliphatic rings. The van der Waals surface area contributed by atoms with Gasteiger partial charge in [0.2, 0.25) is 0 Å². The van der Waals surface area contributed by atoms with Crippen molar-refractivity contribution in [1.82, 2.24) is 4.37 Å². The minimum absolute atomic E-state index is 0.336. The number of aromatic nitrogens is 1. The molecule has 0 bridgehead atoms. The van der Waals surface area contributed by atoms with Gasteiger partial charge in [0.1, 0.15) is 10.6 Å². The van der Waals surface area contributed by atoms with E-state index < -0.39 is 0 Å². The third-order valence-corrected chi connectivity index (χ3v) is 5.14. The Morgan fingerprint density at radius 2 is 1.95 bits per heavy atom. The molecule has 0 saturated heterocycles. The van der Waals surface area contributed by atoms with Crippen molar-refractivity contribution < 1.29 is 9.53 Å². The molecule has 4 nitrogen and oxygen atoms in total. The normalized spacial score (nSPS) is 10.5. The molecule has 1 aromatic heterocycles. The van der Waals surface area contributed by atoms with E-state index in [2.05, 4.69) is 25.6 Å². The minimum atomic E-state index is -0.336. The second-order valence-corrected chi connectivity index (χ2v) is 6.31. The maximum atomic E-state index is 12.0. The van der Waals surface area contributed by atoms with Crippen molar-refractivity contribution >= 4 is 44.1 Å². The molecule has 1 N–H and O–H groups in total. The van der Waals surface area contributed by atoms with Gasteiger partial charge in [0, 0.05) is 10.2 Å². The van der Waals surface area contributed by atoms with Crippen molar-refractivity contribution in [1.29, 1.82) is 0 Å². The first-order chi connectivity index (χ1) is 9.93. The largest absolute Gasteiger partial charge is 0.462 e. The second-order valence-electron chi connectivity index (χ2n) is 4.74. The first-order valence-corrected chi connectivity index (χ1v) is 8.17. The summed E-state index contributed by atoms with van der Waals surface area (Å²) in [6.07, 6.45) is 0. The molecule has 0 unspecified atom stereocenters. The number of carbonyl (C=O) groups excluding carboxylic acids is 1. The van der Waals surface area contributed by atoms with Crippen LogP contribution in [0.3, 0.4) is 0 Å². The van der Waals surface area contributed by atoms with Crippen LogP contribution >= 0.6 is 27.5 Å². The summed E-state index contributed by atoms with van der Waals surface area (Å²) in [5.74, 6) is -0.336. The summed E-state index contributed by atoms with van der Waals surface area (Å²) in [5, 5.41) is 3.99. The van der Waals surface area contributed by atoms with Crippen molar-refractivity contribution in [3.8, 4) is 0 Å². The average Bonchev–Trinajstić information content (AvgIpc) is 2.77. The lowest BCUT2D eigenvalue weighted by atomic mass is 10.1. The lowest BCUT2D eigenvalue weighted by molar-refractivity contribution is 0.0527. The lowest BCUT2D eigenvalue weighted by Crippen LogP contribution is -2.07. The number of rotatable bonds is 4. The molecule has 0 saturated carbocycles. The van der Waals surface area contributed by atoms with E-state index in [-0.39, 0.29) is 5.97 Å². The van der Waals surface area contributed by atoms with Gasteiger partial charge in [0.05, 0.1) is 12.3 Å². The third-order valence-electron chi connectivity index (χ3n) is 3.04. The molecule has 2 rings (SSSR count). The Morgan fingerprint density at radius 3 is 2.52 bits per heavy atom. The third kappa shape index (κ3) is 3.44. The highest BCUT2D eigenvalue weighted by Gasteiger charge is 2.20. The molecule has 21 heavy (non-hydrogen) atoms. The number of hydrogen-bond acceptors (Lipinski definition) is 5. The summed E-state index contributed by atoms with van der Waals surface area (Å²) < 4.78 is 10.4. The molecule has 1 heterocycles.